The van der Waals surface area contributed by atoms with Gasteiger partial charge in [-0.3, -0.25) is 0 Å². The molecular weight excluding hydrogens is 723 g/mol. The molecule has 2 aliphatic heterocycles. The highest BCUT2D eigenvalue weighted by molar-refractivity contribution is 7.01. The number of nitrogens with zero attached hydrogens (tertiary/aromatic N) is 2. The van der Waals surface area contributed by atoms with Crippen LogP contribution in [-0.4, -0.2) is 15.8 Å². The van der Waals surface area contributed by atoms with Crippen LogP contribution in [0.3, 0.4) is 0 Å². The first-order chi connectivity index (χ1) is 29.6. The Hall–Kier alpha value is -7.36. The van der Waals surface area contributed by atoms with Crippen LogP contribution in [0.4, 0.5) is 0 Å². The molecule has 0 fully saturated rings. The molecule has 11 aromatic carbocycles. The van der Waals surface area contributed by atoms with E-state index < -0.39 is 0 Å². The van der Waals surface area contributed by atoms with E-state index in [1.54, 1.807) is 0 Å². The molecule has 2 aromatic heterocycles. The van der Waals surface area contributed by atoms with Gasteiger partial charge in [-0.15, -0.1) is 0 Å². The topological polar surface area (TPSA) is 9.86 Å². The zero-order chi connectivity index (χ0) is 39.2. The Balaban J connectivity index is 1.29. The van der Waals surface area contributed by atoms with Gasteiger partial charge in [-0.1, -0.05) is 166 Å². The number of hydrogen-bond donors (Lipinski definition) is 0. The van der Waals surface area contributed by atoms with Crippen LogP contribution in [0.2, 0.25) is 0 Å². The van der Waals surface area contributed by atoms with Gasteiger partial charge < -0.3 is 9.13 Å². The molecule has 0 unspecified atom stereocenters. The van der Waals surface area contributed by atoms with Crippen molar-refractivity contribution in [3.05, 3.63) is 187 Å². The van der Waals surface area contributed by atoms with Crippen LogP contribution in [-0.2, 0) is 5.41 Å². The van der Waals surface area contributed by atoms with Crippen LogP contribution in [0.5, 0.6) is 0 Å². The average Bonchev–Trinajstić information content (AvgIpc) is 3.83. The molecule has 2 nitrogen and oxygen atoms in total. The number of fused-ring (bicyclic) bond motifs is 18. The summed E-state index contributed by atoms with van der Waals surface area (Å²) in [6.45, 7) is 4.83. The van der Waals surface area contributed by atoms with Crippen LogP contribution in [0.1, 0.15) is 25.0 Å². The zero-order valence-corrected chi connectivity index (χ0v) is 33.2. The largest absolute Gasteiger partial charge is 0.310 e. The van der Waals surface area contributed by atoms with Gasteiger partial charge in [-0.2, -0.15) is 0 Å². The minimum atomic E-state index is -0.217. The van der Waals surface area contributed by atoms with Crippen molar-refractivity contribution < 1.29 is 0 Å². The van der Waals surface area contributed by atoms with Crippen molar-refractivity contribution in [2.45, 2.75) is 19.3 Å². The molecule has 0 atom stereocenters. The summed E-state index contributed by atoms with van der Waals surface area (Å²) in [5, 5.41) is 18.6. The van der Waals surface area contributed by atoms with E-state index in [0.717, 1.165) is 0 Å². The SMILES string of the molecule is CC(C)(c1ccccc1)c1cc2c3ccccc3c3c4c5c(c6c7ccccc7c(c1)c2c36)-n1c2ccccc2c2cccc(c21)B5c1cccc2c3ccccc3n-4c12. The van der Waals surface area contributed by atoms with E-state index in [2.05, 4.69) is 199 Å². The molecule has 13 aromatic rings. The highest BCUT2D eigenvalue weighted by Gasteiger charge is 2.43. The molecule has 0 saturated heterocycles. The summed E-state index contributed by atoms with van der Waals surface area (Å²) in [6, 6.07) is 67.0. The molecule has 15 rings (SSSR count). The summed E-state index contributed by atoms with van der Waals surface area (Å²) in [4.78, 5) is 0. The van der Waals surface area contributed by atoms with Crippen molar-refractivity contribution in [3.63, 3.8) is 0 Å². The molecule has 60 heavy (non-hydrogen) atoms. The Morgan fingerprint density at radius 3 is 1.30 bits per heavy atom. The van der Waals surface area contributed by atoms with Crippen LogP contribution in [0, 0.1) is 0 Å². The average molecular weight is 759 g/mol. The third kappa shape index (κ3) is 3.51. The number of benzene rings is 11. The van der Waals surface area contributed by atoms with Crippen molar-refractivity contribution in [3.8, 4) is 11.4 Å². The molecular formula is C57H35BN2. The van der Waals surface area contributed by atoms with Crippen molar-refractivity contribution in [1.82, 2.24) is 9.13 Å². The molecule has 3 heteroatoms. The molecule has 0 N–H and O–H groups in total. The Kier molecular flexibility index (Phi) is 5.60. The highest BCUT2D eigenvalue weighted by Crippen LogP contribution is 2.52. The monoisotopic (exact) mass is 758 g/mol. The smallest absolute Gasteiger partial charge is 0.252 e. The van der Waals surface area contributed by atoms with Crippen molar-refractivity contribution >= 4 is 121 Å². The Bertz CT molecular complexity index is 3860. The lowest BCUT2D eigenvalue weighted by molar-refractivity contribution is 0.642. The van der Waals surface area contributed by atoms with E-state index in [1.807, 2.05) is 0 Å². The number of rotatable bonds is 2. The number of para-hydroxylation sites is 4. The minimum Gasteiger partial charge on any atom is -0.310 e. The summed E-state index contributed by atoms with van der Waals surface area (Å²) < 4.78 is 5.35. The van der Waals surface area contributed by atoms with Crippen LogP contribution >= 0.6 is 0 Å². The van der Waals surface area contributed by atoms with Gasteiger partial charge in [0.1, 0.15) is 0 Å². The summed E-state index contributed by atoms with van der Waals surface area (Å²) in [5.41, 5.74) is 14.5. The van der Waals surface area contributed by atoms with Gasteiger partial charge in [-0.25, -0.2) is 0 Å². The lowest BCUT2D eigenvalue weighted by atomic mass is 9.34. The molecule has 4 heterocycles. The second-order valence-corrected chi connectivity index (χ2v) is 17.9. The first-order valence-corrected chi connectivity index (χ1v) is 21.3. The third-order valence-electron chi connectivity index (χ3n) is 14.9. The lowest BCUT2D eigenvalue weighted by Crippen LogP contribution is -2.59. The molecule has 0 bridgehead atoms. The van der Waals surface area contributed by atoms with E-state index in [0.29, 0.717) is 0 Å². The third-order valence-corrected chi connectivity index (χ3v) is 14.9. The minimum absolute atomic E-state index is 0.0498. The molecule has 2 aliphatic rings. The van der Waals surface area contributed by atoms with E-state index in [1.165, 1.54) is 136 Å². The fourth-order valence-electron chi connectivity index (χ4n) is 12.3. The van der Waals surface area contributed by atoms with Crippen molar-refractivity contribution in [2.75, 3.05) is 0 Å². The summed E-state index contributed by atoms with van der Waals surface area (Å²) in [5.74, 6) is 0. The second-order valence-electron chi connectivity index (χ2n) is 17.9. The Morgan fingerprint density at radius 1 is 0.350 bits per heavy atom. The lowest BCUT2D eigenvalue weighted by Gasteiger charge is -2.36. The highest BCUT2D eigenvalue weighted by atomic mass is 15.0. The van der Waals surface area contributed by atoms with Gasteiger partial charge in [0.25, 0.3) is 6.71 Å². The van der Waals surface area contributed by atoms with Crippen molar-refractivity contribution in [1.29, 1.82) is 0 Å². The van der Waals surface area contributed by atoms with Gasteiger partial charge in [0, 0.05) is 54.2 Å². The molecule has 0 spiro atoms. The van der Waals surface area contributed by atoms with Gasteiger partial charge in [0.2, 0.25) is 0 Å². The molecule has 0 radical (unpaired) electrons. The fraction of sp³-hybridized carbons (Fsp3) is 0.0526. The van der Waals surface area contributed by atoms with E-state index >= 15 is 0 Å². The Morgan fingerprint density at radius 2 is 0.783 bits per heavy atom. The molecule has 0 amide bonds. The molecule has 0 saturated carbocycles. The fourth-order valence-corrected chi connectivity index (χ4v) is 12.3. The number of hydrogen-bond acceptors (Lipinski definition) is 0. The summed E-state index contributed by atoms with van der Waals surface area (Å²) in [6.07, 6.45) is 0. The predicted octanol–water partition coefficient (Wildman–Crippen LogP) is 12.6. The first kappa shape index (κ1) is 31.6. The standard InChI is InChI=1S/C57H35BN2/c1-57(2,32-16-4-3-5-17-32)33-30-42-34-18-6-8-22-38(34)49-51-48(42)43(31-33)35-19-7-9-23-39(35)50(51)56-52-55(49)59-46-28-12-10-20-36(46)40-24-14-26-44(53(40)59)58(52)45-27-15-25-41-37-21-11-13-29-47(37)60(56)54(41)45/h3-31H,1-2H3. The zero-order valence-electron chi connectivity index (χ0n) is 33.2. The van der Waals surface area contributed by atoms with Crippen molar-refractivity contribution in [2.24, 2.45) is 0 Å². The van der Waals surface area contributed by atoms with E-state index in [4.69, 9.17) is 0 Å². The maximum Gasteiger partial charge on any atom is 0.252 e. The molecule has 0 aliphatic carbocycles. The van der Waals surface area contributed by atoms with Gasteiger partial charge in [-0.05, 0) is 89.5 Å². The van der Waals surface area contributed by atoms with Gasteiger partial charge in [0.05, 0.1) is 22.4 Å². The summed E-state index contributed by atoms with van der Waals surface area (Å²) in [7, 11) is 0. The van der Waals surface area contributed by atoms with Crippen LogP contribution in [0.15, 0.2) is 176 Å². The normalized spacial score (nSPS) is 13.5. The summed E-state index contributed by atoms with van der Waals surface area (Å²) >= 11 is 0. The quantitative estimate of drug-likeness (QED) is 0.0944. The van der Waals surface area contributed by atoms with Gasteiger partial charge >= 0.3 is 0 Å². The van der Waals surface area contributed by atoms with E-state index in [9.17, 15) is 0 Å². The van der Waals surface area contributed by atoms with Gasteiger partial charge in [0.15, 0.2) is 0 Å². The molecule has 276 valence electrons. The maximum absolute atomic E-state index is 2.68. The van der Waals surface area contributed by atoms with Crippen LogP contribution in [0.25, 0.3) is 109 Å². The predicted molar refractivity (Wildman–Crippen MR) is 257 cm³/mol. The van der Waals surface area contributed by atoms with E-state index in [-0.39, 0.29) is 12.1 Å². The van der Waals surface area contributed by atoms with Crippen LogP contribution < -0.4 is 16.4 Å². The first-order valence-electron chi connectivity index (χ1n) is 21.3. The Labute approximate surface area is 345 Å². The maximum atomic E-state index is 2.68. The number of aromatic nitrogens is 2. The second kappa shape index (κ2) is 10.6.